The number of pyridine rings is 1. The number of rotatable bonds is 8. The molecule has 6 heteroatoms. The van der Waals surface area contributed by atoms with E-state index in [9.17, 15) is 0 Å². The summed E-state index contributed by atoms with van der Waals surface area (Å²) >= 11 is 0. The molecule has 0 bridgehead atoms. The molecular weight excluding hydrogens is 402 g/mol. The Bertz CT molecular complexity index is 993. The largest absolute Gasteiger partial charge is 0.493 e. The van der Waals surface area contributed by atoms with Gasteiger partial charge < -0.3 is 14.2 Å². The molecule has 2 aromatic carbocycles. The zero-order chi connectivity index (χ0) is 22.3. The number of methoxy groups -OCH3 is 3. The second-order valence-electron chi connectivity index (χ2n) is 8.00. The van der Waals surface area contributed by atoms with E-state index in [0.717, 1.165) is 50.5 Å². The molecule has 0 spiro atoms. The lowest BCUT2D eigenvalue weighted by Gasteiger charge is -2.34. The number of ether oxygens (including phenoxy) is 3. The van der Waals surface area contributed by atoms with E-state index in [1.807, 2.05) is 18.3 Å². The van der Waals surface area contributed by atoms with E-state index < -0.39 is 0 Å². The Morgan fingerprint density at radius 2 is 1.31 bits per heavy atom. The first-order valence-electron chi connectivity index (χ1n) is 10.9. The van der Waals surface area contributed by atoms with Gasteiger partial charge in [0, 0.05) is 51.0 Å². The van der Waals surface area contributed by atoms with Crippen molar-refractivity contribution in [1.82, 2.24) is 14.8 Å². The summed E-state index contributed by atoms with van der Waals surface area (Å²) in [6, 6.07) is 18.8. The van der Waals surface area contributed by atoms with Gasteiger partial charge in [-0.1, -0.05) is 30.3 Å². The van der Waals surface area contributed by atoms with Crippen molar-refractivity contribution in [2.45, 2.75) is 13.1 Å². The van der Waals surface area contributed by atoms with Crippen LogP contribution in [0, 0.1) is 0 Å². The topological polar surface area (TPSA) is 47.1 Å². The minimum atomic E-state index is 0.586. The van der Waals surface area contributed by atoms with Crippen LogP contribution in [0.1, 0.15) is 11.1 Å². The minimum Gasteiger partial charge on any atom is -0.493 e. The third kappa shape index (κ3) is 5.21. The molecule has 1 aliphatic rings. The third-order valence-corrected chi connectivity index (χ3v) is 5.90. The van der Waals surface area contributed by atoms with Crippen LogP contribution in [0.3, 0.4) is 0 Å². The molecule has 1 saturated heterocycles. The van der Waals surface area contributed by atoms with Gasteiger partial charge in [-0.2, -0.15) is 0 Å². The summed E-state index contributed by atoms with van der Waals surface area (Å²) in [5, 5.41) is 0. The molecule has 32 heavy (non-hydrogen) atoms. The van der Waals surface area contributed by atoms with Crippen molar-refractivity contribution in [3.63, 3.8) is 0 Å². The number of hydrogen-bond acceptors (Lipinski definition) is 6. The molecule has 6 nitrogen and oxygen atoms in total. The van der Waals surface area contributed by atoms with Gasteiger partial charge in [0.1, 0.15) is 0 Å². The second kappa shape index (κ2) is 10.5. The molecule has 3 aromatic rings. The highest BCUT2D eigenvalue weighted by Crippen LogP contribution is 2.40. The Morgan fingerprint density at radius 1 is 0.719 bits per heavy atom. The SMILES string of the molecule is COc1cc(-c2cc(CN3CCN(Cc4ccccc4)CC3)ccn2)cc(OC)c1OC. The van der Waals surface area contributed by atoms with Gasteiger partial charge >= 0.3 is 0 Å². The Labute approximate surface area is 190 Å². The zero-order valence-corrected chi connectivity index (χ0v) is 19.1. The van der Waals surface area contributed by atoms with Gasteiger partial charge in [-0.05, 0) is 35.4 Å². The maximum absolute atomic E-state index is 5.50. The van der Waals surface area contributed by atoms with E-state index >= 15 is 0 Å². The zero-order valence-electron chi connectivity index (χ0n) is 19.1. The average Bonchev–Trinajstić information content (AvgIpc) is 2.85. The van der Waals surface area contributed by atoms with Crippen molar-refractivity contribution in [1.29, 1.82) is 0 Å². The molecule has 1 fully saturated rings. The van der Waals surface area contributed by atoms with Crippen molar-refractivity contribution in [2.75, 3.05) is 47.5 Å². The maximum atomic E-state index is 5.50. The van der Waals surface area contributed by atoms with E-state index in [-0.39, 0.29) is 0 Å². The first-order chi connectivity index (χ1) is 15.7. The van der Waals surface area contributed by atoms with Gasteiger partial charge in [-0.25, -0.2) is 0 Å². The van der Waals surface area contributed by atoms with Crippen LogP contribution in [0.25, 0.3) is 11.3 Å². The van der Waals surface area contributed by atoms with Gasteiger partial charge in [0.25, 0.3) is 0 Å². The van der Waals surface area contributed by atoms with Gasteiger partial charge in [0.2, 0.25) is 5.75 Å². The number of aromatic nitrogens is 1. The third-order valence-electron chi connectivity index (χ3n) is 5.90. The molecule has 4 rings (SSSR count). The predicted octanol–water partition coefficient (Wildman–Crippen LogP) is 4.09. The number of hydrogen-bond donors (Lipinski definition) is 0. The molecule has 2 heterocycles. The fourth-order valence-corrected chi connectivity index (χ4v) is 4.16. The van der Waals surface area contributed by atoms with Crippen molar-refractivity contribution in [2.24, 2.45) is 0 Å². The van der Waals surface area contributed by atoms with E-state index in [2.05, 4.69) is 57.2 Å². The van der Waals surface area contributed by atoms with E-state index in [1.165, 1.54) is 11.1 Å². The highest BCUT2D eigenvalue weighted by molar-refractivity contribution is 5.69. The molecule has 0 radical (unpaired) electrons. The highest BCUT2D eigenvalue weighted by atomic mass is 16.5. The molecule has 0 aliphatic carbocycles. The standard InChI is InChI=1S/C26H31N3O3/c1-30-24-16-22(17-25(31-2)26(24)32-3)23-15-21(9-10-27-23)19-29-13-11-28(12-14-29)18-20-7-5-4-6-8-20/h4-10,15-17H,11-14,18-19H2,1-3H3. The lowest BCUT2D eigenvalue weighted by molar-refractivity contribution is 0.122. The number of piperazine rings is 1. The van der Waals surface area contributed by atoms with Crippen LogP contribution in [0.2, 0.25) is 0 Å². The maximum Gasteiger partial charge on any atom is 0.203 e. The molecule has 1 aromatic heterocycles. The molecule has 0 amide bonds. The Hall–Kier alpha value is -3.09. The highest BCUT2D eigenvalue weighted by Gasteiger charge is 2.18. The second-order valence-corrected chi connectivity index (χ2v) is 8.00. The summed E-state index contributed by atoms with van der Waals surface area (Å²) < 4.78 is 16.4. The predicted molar refractivity (Wildman–Crippen MR) is 126 cm³/mol. The Kier molecular flexibility index (Phi) is 7.24. The summed E-state index contributed by atoms with van der Waals surface area (Å²) in [5.74, 6) is 1.84. The molecule has 0 N–H and O–H groups in total. The Morgan fingerprint density at radius 3 is 1.88 bits per heavy atom. The summed E-state index contributed by atoms with van der Waals surface area (Å²) in [6.07, 6.45) is 1.87. The minimum absolute atomic E-state index is 0.586. The molecule has 0 saturated carbocycles. The van der Waals surface area contributed by atoms with Crippen molar-refractivity contribution >= 4 is 0 Å². The average molecular weight is 434 g/mol. The fourth-order valence-electron chi connectivity index (χ4n) is 4.16. The van der Waals surface area contributed by atoms with Gasteiger partial charge in [0.05, 0.1) is 27.0 Å². The fraction of sp³-hybridized carbons (Fsp3) is 0.346. The number of benzene rings is 2. The van der Waals surface area contributed by atoms with Crippen LogP contribution in [-0.2, 0) is 13.1 Å². The van der Waals surface area contributed by atoms with Crippen LogP contribution >= 0.6 is 0 Å². The normalized spacial score (nSPS) is 14.8. The molecular formula is C26H31N3O3. The molecule has 0 atom stereocenters. The van der Waals surface area contributed by atoms with Crippen molar-refractivity contribution < 1.29 is 14.2 Å². The van der Waals surface area contributed by atoms with E-state index in [4.69, 9.17) is 14.2 Å². The number of nitrogens with zero attached hydrogens (tertiary/aromatic N) is 3. The smallest absolute Gasteiger partial charge is 0.203 e. The lowest BCUT2D eigenvalue weighted by Crippen LogP contribution is -2.45. The van der Waals surface area contributed by atoms with Crippen LogP contribution in [-0.4, -0.2) is 62.3 Å². The van der Waals surface area contributed by atoms with Crippen LogP contribution in [0.15, 0.2) is 60.8 Å². The van der Waals surface area contributed by atoms with Crippen molar-refractivity contribution in [3.05, 3.63) is 71.9 Å². The summed E-state index contributed by atoms with van der Waals surface area (Å²) in [5.41, 5.74) is 4.46. The molecule has 168 valence electrons. The Balaban J connectivity index is 1.42. The monoisotopic (exact) mass is 433 g/mol. The summed E-state index contributed by atoms with van der Waals surface area (Å²) in [6.45, 7) is 6.23. The van der Waals surface area contributed by atoms with Gasteiger partial charge in [-0.3, -0.25) is 14.8 Å². The first-order valence-corrected chi connectivity index (χ1v) is 10.9. The van der Waals surface area contributed by atoms with Crippen LogP contribution in [0.4, 0.5) is 0 Å². The lowest BCUT2D eigenvalue weighted by atomic mass is 10.1. The van der Waals surface area contributed by atoms with Gasteiger partial charge in [-0.15, -0.1) is 0 Å². The quantitative estimate of drug-likeness (QED) is 0.533. The molecule has 0 unspecified atom stereocenters. The first kappa shape index (κ1) is 22.1. The summed E-state index contributed by atoms with van der Waals surface area (Å²) in [4.78, 5) is 9.63. The summed E-state index contributed by atoms with van der Waals surface area (Å²) in [7, 11) is 4.86. The van der Waals surface area contributed by atoms with E-state index in [1.54, 1.807) is 21.3 Å². The van der Waals surface area contributed by atoms with Crippen molar-refractivity contribution in [3.8, 4) is 28.5 Å². The van der Waals surface area contributed by atoms with Crippen LogP contribution in [0.5, 0.6) is 17.2 Å². The molecule has 1 aliphatic heterocycles. The van der Waals surface area contributed by atoms with E-state index in [0.29, 0.717) is 17.2 Å². The van der Waals surface area contributed by atoms with Gasteiger partial charge in [0.15, 0.2) is 11.5 Å². The van der Waals surface area contributed by atoms with Crippen LogP contribution < -0.4 is 14.2 Å².